The number of hydrogen-bond donors (Lipinski definition) is 1. The Kier molecular flexibility index (Phi) is 5.27. The van der Waals surface area contributed by atoms with Gasteiger partial charge >= 0.3 is 0 Å². The maximum absolute atomic E-state index is 12.6. The van der Waals surface area contributed by atoms with Gasteiger partial charge in [0.25, 0.3) is 10.0 Å². The van der Waals surface area contributed by atoms with Crippen molar-refractivity contribution in [3.05, 3.63) is 66.2 Å². The van der Waals surface area contributed by atoms with Crippen LogP contribution in [0.1, 0.15) is 5.56 Å². The van der Waals surface area contributed by atoms with Crippen LogP contribution in [-0.2, 0) is 10.0 Å². The molecule has 0 atom stereocenters. The Morgan fingerprint density at radius 2 is 1.74 bits per heavy atom. The molecule has 0 aliphatic heterocycles. The molecule has 1 heterocycles. The first-order chi connectivity index (χ1) is 12.9. The van der Waals surface area contributed by atoms with E-state index in [1.54, 1.807) is 31.2 Å². The third-order valence-corrected chi connectivity index (χ3v) is 5.56. The van der Waals surface area contributed by atoms with E-state index in [1.165, 1.54) is 13.2 Å². The lowest BCUT2D eigenvalue weighted by molar-refractivity contribution is 0.414. The molecule has 8 heteroatoms. The molecule has 0 amide bonds. The number of anilines is 3. The maximum Gasteiger partial charge on any atom is 0.263 e. The van der Waals surface area contributed by atoms with Gasteiger partial charge in [0.05, 0.1) is 12.0 Å². The standard InChI is InChI=1S/C19H20N4O3S/c1-14-13-16(26-3)9-10-17(14)27(24,25)22-18-11-12-19(21-20-18)23(2)15-7-5-4-6-8-15/h4-13H,1-3H3,(H,20,22). The van der Waals surface area contributed by atoms with Gasteiger partial charge in [0.1, 0.15) is 5.75 Å². The minimum Gasteiger partial charge on any atom is -0.497 e. The topological polar surface area (TPSA) is 84.4 Å². The van der Waals surface area contributed by atoms with Crippen LogP contribution in [-0.4, -0.2) is 32.8 Å². The summed E-state index contributed by atoms with van der Waals surface area (Å²) in [5, 5.41) is 8.10. The van der Waals surface area contributed by atoms with Crippen molar-refractivity contribution >= 4 is 27.3 Å². The van der Waals surface area contributed by atoms with Crippen molar-refractivity contribution in [3.8, 4) is 5.75 Å². The number of methoxy groups -OCH3 is 1. The predicted molar refractivity (Wildman–Crippen MR) is 105 cm³/mol. The van der Waals surface area contributed by atoms with Crippen LogP contribution in [0.4, 0.5) is 17.3 Å². The molecular formula is C19H20N4O3S. The molecule has 0 aliphatic carbocycles. The number of rotatable bonds is 6. The molecule has 1 aromatic heterocycles. The molecule has 0 saturated heterocycles. The Bertz CT molecular complexity index is 1020. The van der Waals surface area contributed by atoms with Gasteiger partial charge in [-0.15, -0.1) is 10.2 Å². The largest absolute Gasteiger partial charge is 0.497 e. The molecule has 0 bridgehead atoms. The number of aromatic nitrogens is 2. The molecule has 2 aromatic carbocycles. The summed E-state index contributed by atoms with van der Waals surface area (Å²) in [4.78, 5) is 2.02. The smallest absolute Gasteiger partial charge is 0.263 e. The SMILES string of the molecule is COc1ccc(S(=O)(=O)Nc2ccc(N(C)c3ccccc3)nn2)c(C)c1. The predicted octanol–water partition coefficient (Wildman–Crippen LogP) is 3.36. The molecule has 3 rings (SSSR count). The molecule has 0 unspecified atom stereocenters. The van der Waals surface area contributed by atoms with Crippen molar-refractivity contribution in [1.82, 2.24) is 10.2 Å². The Morgan fingerprint density at radius 1 is 1.00 bits per heavy atom. The second-order valence-corrected chi connectivity index (χ2v) is 7.56. The summed E-state index contributed by atoms with van der Waals surface area (Å²) < 4.78 is 32.8. The van der Waals surface area contributed by atoms with E-state index >= 15 is 0 Å². The maximum atomic E-state index is 12.6. The van der Waals surface area contributed by atoms with E-state index in [9.17, 15) is 8.42 Å². The van der Waals surface area contributed by atoms with Gasteiger partial charge in [0.15, 0.2) is 11.6 Å². The number of sulfonamides is 1. The summed E-state index contributed by atoms with van der Waals surface area (Å²) in [7, 11) is -0.378. The average molecular weight is 384 g/mol. The lowest BCUT2D eigenvalue weighted by atomic mass is 10.2. The zero-order valence-electron chi connectivity index (χ0n) is 15.2. The van der Waals surface area contributed by atoms with E-state index in [0.29, 0.717) is 17.1 Å². The van der Waals surface area contributed by atoms with E-state index < -0.39 is 10.0 Å². The first-order valence-corrected chi connectivity index (χ1v) is 9.69. The molecule has 0 spiro atoms. The fraction of sp³-hybridized carbons (Fsp3) is 0.158. The van der Waals surface area contributed by atoms with E-state index in [0.717, 1.165) is 5.69 Å². The number of nitrogens with one attached hydrogen (secondary N) is 1. The van der Waals surface area contributed by atoms with E-state index in [2.05, 4.69) is 14.9 Å². The van der Waals surface area contributed by atoms with Gasteiger partial charge in [-0.25, -0.2) is 8.42 Å². The van der Waals surface area contributed by atoms with Crippen molar-refractivity contribution in [3.63, 3.8) is 0 Å². The highest BCUT2D eigenvalue weighted by Crippen LogP contribution is 2.24. The number of ether oxygens (including phenoxy) is 1. The average Bonchev–Trinajstić information content (AvgIpc) is 2.68. The summed E-state index contributed by atoms with van der Waals surface area (Å²) in [5.74, 6) is 1.35. The molecule has 7 nitrogen and oxygen atoms in total. The summed E-state index contributed by atoms with van der Waals surface area (Å²) >= 11 is 0. The van der Waals surface area contributed by atoms with Gasteiger partial charge in [0.2, 0.25) is 0 Å². The van der Waals surface area contributed by atoms with Crippen molar-refractivity contribution in [2.75, 3.05) is 23.8 Å². The molecule has 0 fully saturated rings. The zero-order chi connectivity index (χ0) is 19.4. The molecule has 3 aromatic rings. The van der Waals surface area contributed by atoms with Gasteiger partial charge in [-0.1, -0.05) is 18.2 Å². The van der Waals surface area contributed by atoms with Crippen LogP contribution >= 0.6 is 0 Å². The minimum absolute atomic E-state index is 0.149. The number of hydrogen-bond acceptors (Lipinski definition) is 6. The van der Waals surface area contributed by atoms with Crippen LogP contribution in [0.25, 0.3) is 0 Å². The molecular weight excluding hydrogens is 364 g/mol. The molecule has 0 saturated carbocycles. The Hall–Kier alpha value is -3.13. The van der Waals surface area contributed by atoms with Crippen molar-refractivity contribution in [2.45, 2.75) is 11.8 Å². The second kappa shape index (κ2) is 7.63. The van der Waals surface area contributed by atoms with Crippen LogP contribution in [0.5, 0.6) is 5.75 Å². The lowest BCUT2D eigenvalue weighted by Crippen LogP contribution is -2.17. The monoisotopic (exact) mass is 384 g/mol. The fourth-order valence-electron chi connectivity index (χ4n) is 2.59. The van der Waals surface area contributed by atoms with Crippen molar-refractivity contribution < 1.29 is 13.2 Å². The van der Waals surface area contributed by atoms with E-state index in [1.807, 2.05) is 42.3 Å². The van der Waals surface area contributed by atoms with Crippen LogP contribution < -0.4 is 14.4 Å². The van der Waals surface area contributed by atoms with Gasteiger partial charge in [-0.3, -0.25) is 4.72 Å². The zero-order valence-corrected chi connectivity index (χ0v) is 16.1. The Labute approximate surface area is 158 Å². The van der Waals surface area contributed by atoms with E-state index in [-0.39, 0.29) is 10.7 Å². The molecule has 0 aliphatic rings. The summed E-state index contributed by atoms with van der Waals surface area (Å²) in [6, 6.07) is 17.7. The van der Waals surface area contributed by atoms with Crippen LogP contribution in [0.3, 0.4) is 0 Å². The van der Waals surface area contributed by atoms with E-state index in [4.69, 9.17) is 4.74 Å². The first-order valence-electron chi connectivity index (χ1n) is 8.20. The highest BCUT2D eigenvalue weighted by Gasteiger charge is 2.18. The molecule has 140 valence electrons. The highest BCUT2D eigenvalue weighted by molar-refractivity contribution is 7.92. The second-order valence-electron chi connectivity index (χ2n) is 5.91. The van der Waals surface area contributed by atoms with Crippen LogP contribution in [0.2, 0.25) is 0 Å². The molecule has 1 N–H and O–H groups in total. The number of aryl methyl sites for hydroxylation is 1. The Morgan fingerprint density at radius 3 is 2.33 bits per heavy atom. The minimum atomic E-state index is -3.78. The van der Waals surface area contributed by atoms with Gasteiger partial charge in [0, 0.05) is 12.7 Å². The first kappa shape index (κ1) is 18.7. The van der Waals surface area contributed by atoms with Crippen molar-refractivity contribution in [1.29, 1.82) is 0 Å². The Balaban J connectivity index is 1.80. The van der Waals surface area contributed by atoms with Gasteiger partial charge < -0.3 is 9.64 Å². The fourth-order valence-corrected chi connectivity index (χ4v) is 3.81. The third kappa shape index (κ3) is 4.17. The third-order valence-electron chi connectivity index (χ3n) is 4.05. The molecule has 27 heavy (non-hydrogen) atoms. The van der Waals surface area contributed by atoms with Crippen LogP contribution in [0, 0.1) is 6.92 Å². The highest BCUT2D eigenvalue weighted by atomic mass is 32.2. The number of para-hydroxylation sites is 1. The van der Waals surface area contributed by atoms with Crippen molar-refractivity contribution in [2.24, 2.45) is 0 Å². The van der Waals surface area contributed by atoms with Gasteiger partial charge in [-0.2, -0.15) is 0 Å². The molecule has 0 radical (unpaired) electrons. The number of benzene rings is 2. The quantitative estimate of drug-likeness (QED) is 0.701. The number of nitrogens with zero attached hydrogens (tertiary/aromatic N) is 3. The normalized spacial score (nSPS) is 11.1. The van der Waals surface area contributed by atoms with Gasteiger partial charge in [-0.05, 0) is 55.0 Å². The van der Waals surface area contributed by atoms with Crippen LogP contribution in [0.15, 0.2) is 65.6 Å². The summed E-state index contributed by atoms with van der Waals surface area (Å²) in [6.45, 7) is 1.71. The summed E-state index contributed by atoms with van der Waals surface area (Å²) in [5.41, 5.74) is 1.53. The lowest BCUT2D eigenvalue weighted by Gasteiger charge is -2.17. The summed E-state index contributed by atoms with van der Waals surface area (Å²) in [6.07, 6.45) is 0.